The van der Waals surface area contributed by atoms with E-state index in [1.165, 1.54) is 23.5 Å². The minimum atomic E-state index is -0.466. The molecule has 2 aromatic carbocycles. The van der Waals surface area contributed by atoms with Gasteiger partial charge in [-0.15, -0.1) is 6.58 Å². The Morgan fingerprint density at radius 2 is 2.15 bits per heavy atom. The van der Waals surface area contributed by atoms with Crippen LogP contribution in [0.15, 0.2) is 55.1 Å². The number of anilines is 1. The van der Waals surface area contributed by atoms with Crippen molar-refractivity contribution in [3.8, 4) is 5.75 Å². The Labute approximate surface area is 153 Å². The van der Waals surface area contributed by atoms with Crippen molar-refractivity contribution in [2.45, 2.75) is 6.42 Å². The Balaban J connectivity index is 1.66. The second-order valence-corrected chi connectivity index (χ2v) is 6.40. The minimum absolute atomic E-state index is 0.0128. The molecule has 0 fully saturated rings. The molecule has 1 heterocycles. The molecule has 0 spiro atoms. The van der Waals surface area contributed by atoms with Gasteiger partial charge in [0, 0.05) is 12.1 Å². The zero-order chi connectivity index (χ0) is 18.5. The number of nitrogens with one attached hydrogen (secondary N) is 1. The number of amides is 1. The number of allylic oxidation sites excluding steroid dienone is 1. The minimum Gasteiger partial charge on any atom is -0.483 e. The average molecular weight is 369 g/mol. The normalized spacial score (nSPS) is 10.5. The quantitative estimate of drug-likeness (QED) is 0.386. The zero-order valence-electron chi connectivity index (χ0n) is 13.7. The largest absolute Gasteiger partial charge is 0.483 e. The molecule has 0 aliphatic carbocycles. The highest BCUT2D eigenvalue weighted by Crippen LogP contribution is 2.29. The summed E-state index contributed by atoms with van der Waals surface area (Å²) in [7, 11) is 0. The van der Waals surface area contributed by atoms with Crippen molar-refractivity contribution >= 4 is 38.3 Å². The lowest BCUT2D eigenvalue weighted by molar-refractivity contribution is -0.384. The van der Waals surface area contributed by atoms with Crippen LogP contribution < -0.4 is 10.1 Å². The monoisotopic (exact) mass is 369 g/mol. The van der Waals surface area contributed by atoms with Gasteiger partial charge in [-0.05, 0) is 24.1 Å². The number of ether oxygens (including phenoxy) is 1. The lowest BCUT2D eigenvalue weighted by Gasteiger charge is -2.09. The van der Waals surface area contributed by atoms with Gasteiger partial charge in [0.05, 0.1) is 15.1 Å². The van der Waals surface area contributed by atoms with Crippen LogP contribution in [-0.2, 0) is 11.2 Å². The van der Waals surface area contributed by atoms with Gasteiger partial charge in [-0.1, -0.05) is 35.6 Å². The van der Waals surface area contributed by atoms with E-state index in [-0.39, 0.29) is 18.2 Å². The number of carbonyl (C=O) groups is 1. The van der Waals surface area contributed by atoms with Crippen LogP contribution in [0.2, 0.25) is 0 Å². The zero-order valence-corrected chi connectivity index (χ0v) is 14.5. The summed E-state index contributed by atoms with van der Waals surface area (Å²) in [6, 6.07) is 11.8. The molecule has 7 nitrogen and oxygen atoms in total. The van der Waals surface area contributed by atoms with Crippen LogP contribution >= 0.6 is 11.3 Å². The van der Waals surface area contributed by atoms with Crippen LogP contribution in [0.1, 0.15) is 5.56 Å². The fourth-order valence-corrected chi connectivity index (χ4v) is 3.26. The van der Waals surface area contributed by atoms with Gasteiger partial charge in [-0.2, -0.15) is 0 Å². The van der Waals surface area contributed by atoms with Crippen LogP contribution in [-0.4, -0.2) is 22.4 Å². The summed E-state index contributed by atoms with van der Waals surface area (Å²) in [5, 5.41) is 13.8. The highest BCUT2D eigenvalue weighted by Gasteiger charge is 2.12. The molecule has 8 heteroatoms. The highest BCUT2D eigenvalue weighted by atomic mass is 32.1. The smallest absolute Gasteiger partial charge is 0.270 e. The van der Waals surface area contributed by atoms with Gasteiger partial charge < -0.3 is 4.74 Å². The van der Waals surface area contributed by atoms with Gasteiger partial charge in [-0.25, -0.2) is 4.98 Å². The van der Waals surface area contributed by atoms with Crippen LogP contribution in [0.4, 0.5) is 10.8 Å². The summed E-state index contributed by atoms with van der Waals surface area (Å²) in [5.74, 6) is 0.273. The molecule has 1 aromatic heterocycles. The molecule has 0 bridgehead atoms. The summed E-state index contributed by atoms with van der Waals surface area (Å²) in [6.45, 7) is 3.54. The molecule has 0 unspecified atom stereocenters. The number of nitrogens with zero attached hydrogens (tertiary/aromatic N) is 2. The topological polar surface area (TPSA) is 94.4 Å². The third kappa shape index (κ3) is 4.04. The fourth-order valence-electron chi connectivity index (χ4n) is 2.35. The molecule has 0 saturated heterocycles. The van der Waals surface area contributed by atoms with E-state index in [4.69, 9.17) is 4.74 Å². The van der Waals surface area contributed by atoms with Crippen LogP contribution in [0.25, 0.3) is 10.2 Å². The maximum absolute atomic E-state index is 12.1. The van der Waals surface area contributed by atoms with Crippen molar-refractivity contribution < 1.29 is 14.5 Å². The van der Waals surface area contributed by atoms with E-state index in [9.17, 15) is 14.9 Å². The molecule has 0 radical (unpaired) electrons. The molecular weight excluding hydrogens is 354 g/mol. The number of carbonyl (C=O) groups excluding carboxylic acids is 1. The summed E-state index contributed by atoms with van der Waals surface area (Å²) in [4.78, 5) is 26.7. The van der Waals surface area contributed by atoms with Crippen LogP contribution in [0.3, 0.4) is 0 Å². The van der Waals surface area contributed by atoms with Gasteiger partial charge in [0.1, 0.15) is 5.75 Å². The predicted molar refractivity (Wildman–Crippen MR) is 101 cm³/mol. The second kappa shape index (κ2) is 7.75. The maximum atomic E-state index is 12.1. The molecule has 26 heavy (non-hydrogen) atoms. The van der Waals surface area contributed by atoms with Crippen LogP contribution in [0, 0.1) is 10.1 Å². The van der Waals surface area contributed by atoms with E-state index in [1.54, 1.807) is 18.2 Å². The Kier molecular flexibility index (Phi) is 5.23. The second-order valence-electron chi connectivity index (χ2n) is 5.37. The van der Waals surface area contributed by atoms with Gasteiger partial charge in [0.15, 0.2) is 11.7 Å². The molecule has 1 N–H and O–H groups in total. The lowest BCUT2D eigenvalue weighted by atomic mass is 10.1. The van der Waals surface area contributed by atoms with Crippen molar-refractivity contribution in [2.24, 2.45) is 0 Å². The first-order valence-corrected chi connectivity index (χ1v) is 8.55. The van der Waals surface area contributed by atoms with Crippen molar-refractivity contribution in [3.05, 3.63) is 70.8 Å². The molecule has 3 aromatic rings. The van der Waals surface area contributed by atoms with Crippen LogP contribution in [0.5, 0.6) is 5.75 Å². The summed E-state index contributed by atoms with van der Waals surface area (Å²) in [5.41, 5.74) is 1.52. The highest BCUT2D eigenvalue weighted by molar-refractivity contribution is 7.22. The van der Waals surface area contributed by atoms with E-state index in [0.29, 0.717) is 27.5 Å². The Bertz CT molecular complexity index is 983. The van der Waals surface area contributed by atoms with Crippen molar-refractivity contribution in [1.82, 2.24) is 4.98 Å². The Hall–Kier alpha value is -3.26. The summed E-state index contributed by atoms with van der Waals surface area (Å²) < 4.78 is 6.21. The van der Waals surface area contributed by atoms with E-state index in [2.05, 4.69) is 16.9 Å². The molecule has 3 rings (SSSR count). The number of benzene rings is 2. The van der Waals surface area contributed by atoms with Gasteiger partial charge in [-0.3, -0.25) is 20.2 Å². The first-order chi connectivity index (χ1) is 12.6. The number of non-ortho nitro benzene ring substituents is 1. The van der Waals surface area contributed by atoms with Crippen molar-refractivity contribution in [1.29, 1.82) is 0 Å². The SMILES string of the molecule is C=CCc1ccccc1OCC(=O)Nc1nc2ccc([N+](=O)[O-])cc2s1. The first kappa shape index (κ1) is 17.6. The maximum Gasteiger partial charge on any atom is 0.270 e. The molecular formula is C18H15N3O4S. The number of nitro benzene ring substituents is 1. The van der Waals surface area contributed by atoms with Gasteiger partial charge >= 0.3 is 0 Å². The van der Waals surface area contributed by atoms with Gasteiger partial charge in [0.2, 0.25) is 0 Å². The summed E-state index contributed by atoms with van der Waals surface area (Å²) >= 11 is 1.17. The van der Waals surface area contributed by atoms with Crippen molar-refractivity contribution in [3.63, 3.8) is 0 Å². The first-order valence-electron chi connectivity index (χ1n) is 7.73. The predicted octanol–water partition coefficient (Wildman–Crippen LogP) is 3.95. The average Bonchev–Trinajstić information content (AvgIpc) is 3.02. The van der Waals surface area contributed by atoms with Gasteiger partial charge in [0.25, 0.3) is 11.6 Å². The summed E-state index contributed by atoms with van der Waals surface area (Å²) in [6.07, 6.45) is 2.41. The standard InChI is InChI=1S/C18H15N3O4S/c1-2-5-12-6-3-4-7-15(12)25-11-17(22)20-18-19-14-9-8-13(21(23)24)10-16(14)26-18/h2-4,6-10H,1,5,11H2,(H,19,20,22). The number of fused-ring (bicyclic) bond motifs is 1. The number of aromatic nitrogens is 1. The van der Waals surface area contributed by atoms with E-state index < -0.39 is 4.92 Å². The Morgan fingerprint density at radius 1 is 1.35 bits per heavy atom. The third-order valence-corrected chi connectivity index (χ3v) is 4.46. The number of rotatable bonds is 7. The van der Waals surface area contributed by atoms with E-state index in [1.807, 2.05) is 18.2 Å². The number of para-hydroxylation sites is 1. The Morgan fingerprint density at radius 3 is 2.92 bits per heavy atom. The molecule has 0 aliphatic rings. The molecule has 132 valence electrons. The molecule has 1 amide bonds. The molecule has 0 atom stereocenters. The van der Waals surface area contributed by atoms with E-state index >= 15 is 0 Å². The third-order valence-electron chi connectivity index (χ3n) is 3.52. The number of thiazole rings is 1. The number of hydrogen-bond donors (Lipinski definition) is 1. The fraction of sp³-hybridized carbons (Fsp3) is 0.111. The lowest BCUT2D eigenvalue weighted by Crippen LogP contribution is -2.20. The van der Waals surface area contributed by atoms with E-state index in [0.717, 1.165) is 5.56 Å². The number of hydrogen-bond acceptors (Lipinski definition) is 6. The number of nitro groups is 1. The molecule has 0 saturated carbocycles. The van der Waals surface area contributed by atoms with Crippen molar-refractivity contribution in [2.75, 3.05) is 11.9 Å². The molecule has 0 aliphatic heterocycles.